The maximum atomic E-state index is 5.13. The Morgan fingerprint density at radius 2 is 2.14 bits per heavy atom. The molecule has 0 aromatic heterocycles. The molecule has 1 saturated carbocycles. The van der Waals surface area contributed by atoms with Crippen LogP contribution in [0.3, 0.4) is 0 Å². The lowest BCUT2D eigenvalue weighted by Crippen LogP contribution is -2.44. The van der Waals surface area contributed by atoms with E-state index in [2.05, 4.69) is 17.6 Å². The number of hydrogen-bond donors (Lipinski definition) is 2. The van der Waals surface area contributed by atoms with Crippen LogP contribution in [0.2, 0.25) is 0 Å². The molecule has 0 aromatic rings. The summed E-state index contributed by atoms with van der Waals surface area (Å²) in [5.41, 5.74) is 0.479. The van der Waals surface area contributed by atoms with Gasteiger partial charge in [-0.2, -0.15) is 0 Å². The molecule has 0 saturated heterocycles. The SMILES string of the molecule is COCCNC(=S)NCC1(C)CCC1. The van der Waals surface area contributed by atoms with E-state index in [4.69, 9.17) is 17.0 Å². The number of methoxy groups -OCH3 is 1. The van der Waals surface area contributed by atoms with E-state index >= 15 is 0 Å². The Labute approximate surface area is 91.6 Å². The fraction of sp³-hybridized carbons (Fsp3) is 0.900. The molecule has 3 nitrogen and oxygen atoms in total. The molecule has 0 heterocycles. The van der Waals surface area contributed by atoms with Crippen molar-refractivity contribution in [3.63, 3.8) is 0 Å². The lowest BCUT2D eigenvalue weighted by Gasteiger charge is -2.38. The third kappa shape index (κ3) is 3.80. The van der Waals surface area contributed by atoms with E-state index < -0.39 is 0 Å². The fourth-order valence-electron chi connectivity index (χ4n) is 1.58. The number of hydrogen-bond acceptors (Lipinski definition) is 2. The summed E-state index contributed by atoms with van der Waals surface area (Å²) in [6, 6.07) is 0. The molecule has 1 fully saturated rings. The molecule has 0 aromatic carbocycles. The van der Waals surface area contributed by atoms with E-state index in [1.165, 1.54) is 19.3 Å². The zero-order valence-electron chi connectivity index (χ0n) is 9.06. The minimum absolute atomic E-state index is 0.479. The van der Waals surface area contributed by atoms with Crippen LogP contribution in [0.4, 0.5) is 0 Å². The van der Waals surface area contributed by atoms with Crippen LogP contribution in [0.25, 0.3) is 0 Å². The number of rotatable bonds is 5. The third-order valence-corrected chi connectivity index (χ3v) is 3.12. The van der Waals surface area contributed by atoms with Crippen LogP contribution in [0.5, 0.6) is 0 Å². The average molecular weight is 216 g/mol. The summed E-state index contributed by atoms with van der Waals surface area (Å²) in [5, 5.41) is 7.09. The molecule has 2 N–H and O–H groups in total. The summed E-state index contributed by atoms with van der Waals surface area (Å²) >= 11 is 5.13. The quantitative estimate of drug-likeness (QED) is 0.536. The largest absolute Gasteiger partial charge is 0.383 e. The highest BCUT2D eigenvalue weighted by Crippen LogP contribution is 2.39. The van der Waals surface area contributed by atoms with Gasteiger partial charge in [-0.1, -0.05) is 13.3 Å². The van der Waals surface area contributed by atoms with Crippen molar-refractivity contribution in [1.82, 2.24) is 10.6 Å². The Bertz CT molecular complexity index is 193. The molecule has 82 valence electrons. The summed E-state index contributed by atoms with van der Waals surface area (Å²) in [5.74, 6) is 0. The molecule has 0 amide bonds. The van der Waals surface area contributed by atoms with Crippen LogP contribution in [0.1, 0.15) is 26.2 Å². The Kier molecular flexibility index (Phi) is 4.62. The van der Waals surface area contributed by atoms with Crippen LogP contribution in [-0.4, -0.2) is 31.9 Å². The van der Waals surface area contributed by atoms with Crippen LogP contribution in [0.15, 0.2) is 0 Å². The van der Waals surface area contributed by atoms with Gasteiger partial charge in [-0.25, -0.2) is 0 Å². The Morgan fingerprint density at radius 3 is 2.64 bits per heavy atom. The number of ether oxygens (including phenoxy) is 1. The lowest BCUT2D eigenvalue weighted by molar-refractivity contribution is 0.165. The van der Waals surface area contributed by atoms with Crippen LogP contribution in [-0.2, 0) is 4.74 Å². The van der Waals surface area contributed by atoms with Crippen molar-refractivity contribution in [3.05, 3.63) is 0 Å². The van der Waals surface area contributed by atoms with E-state index in [0.29, 0.717) is 12.0 Å². The average Bonchev–Trinajstić information content (AvgIpc) is 2.12. The van der Waals surface area contributed by atoms with Crippen molar-refractivity contribution in [1.29, 1.82) is 0 Å². The van der Waals surface area contributed by atoms with Crippen molar-refractivity contribution < 1.29 is 4.74 Å². The highest BCUT2D eigenvalue weighted by molar-refractivity contribution is 7.80. The van der Waals surface area contributed by atoms with Crippen LogP contribution < -0.4 is 10.6 Å². The molecule has 0 unspecified atom stereocenters. The first-order valence-electron chi connectivity index (χ1n) is 5.17. The number of nitrogens with one attached hydrogen (secondary N) is 2. The molecule has 0 aliphatic heterocycles. The molecule has 4 heteroatoms. The van der Waals surface area contributed by atoms with Gasteiger partial charge in [-0.05, 0) is 30.5 Å². The fourth-order valence-corrected chi connectivity index (χ4v) is 1.75. The molecule has 0 radical (unpaired) electrons. The first-order chi connectivity index (χ1) is 6.66. The molecule has 14 heavy (non-hydrogen) atoms. The number of thiocarbonyl (C=S) groups is 1. The predicted molar refractivity (Wildman–Crippen MR) is 62.4 cm³/mol. The summed E-state index contributed by atoms with van der Waals surface area (Å²) in [7, 11) is 1.69. The summed E-state index contributed by atoms with van der Waals surface area (Å²) in [4.78, 5) is 0. The van der Waals surface area contributed by atoms with Crippen molar-refractivity contribution in [3.8, 4) is 0 Å². The summed E-state index contributed by atoms with van der Waals surface area (Å²) < 4.78 is 4.92. The van der Waals surface area contributed by atoms with E-state index in [9.17, 15) is 0 Å². The Balaban J connectivity index is 2.03. The Morgan fingerprint density at radius 1 is 1.43 bits per heavy atom. The second kappa shape index (κ2) is 5.51. The van der Waals surface area contributed by atoms with E-state index in [-0.39, 0.29) is 0 Å². The van der Waals surface area contributed by atoms with Crippen molar-refractivity contribution in [2.24, 2.45) is 5.41 Å². The summed E-state index contributed by atoms with van der Waals surface area (Å²) in [6.07, 6.45) is 4.00. The van der Waals surface area contributed by atoms with E-state index in [1.54, 1.807) is 7.11 Å². The van der Waals surface area contributed by atoms with Gasteiger partial charge in [-0.3, -0.25) is 0 Å². The van der Waals surface area contributed by atoms with Gasteiger partial charge < -0.3 is 15.4 Å². The standard InChI is InChI=1S/C10H20N2OS/c1-10(4-3-5-10)8-12-9(14)11-6-7-13-2/h3-8H2,1-2H3,(H2,11,12,14). The summed E-state index contributed by atoms with van der Waals surface area (Å²) in [6.45, 7) is 4.77. The minimum atomic E-state index is 0.479. The molecule has 1 rings (SSSR count). The monoisotopic (exact) mass is 216 g/mol. The predicted octanol–water partition coefficient (Wildman–Crippen LogP) is 1.29. The van der Waals surface area contributed by atoms with Gasteiger partial charge in [0.1, 0.15) is 0 Å². The first kappa shape index (κ1) is 11.7. The van der Waals surface area contributed by atoms with Gasteiger partial charge in [0.25, 0.3) is 0 Å². The smallest absolute Gasteiger partial charge is 0.166 e. The van der Waals surface area contributed by atoms with Gasteiger partial charge in [0.15, 0.2) is 5.11 Å². The van der Waals surface area contributed by atoms with Gasteiger partial charge in [0.2, 0.25) is 0 Å². The molecule has 1 aliphatic carbocycles. The normalized spacial score (nSPS) is 18.4. The van der Waals surface area contributed by atoms with Crippen molar-refractivity contribution in [2.75, 3.05) is 26.8 Å². The minimum Gasteiger partial charge on any atom is -0.383 e. The molecular weight excluding hydrogens is 196 g/mol. The molecule has 0 spiro atoms. The lowest BCUT2D eigenvalue weighted by atomic mass is 9.70. The van der Waals surface area contributed by atoms with Crippen molar-refractivity contribution in [2.45, 2.75) is 26.2 Å². The second-order valence-electron chi connectivity index (χ2n) is 4.27. The highest BCUT2D eigenvalue weighted by atomic mass is 32.1. The first-order valence-corrected chi connectivity index (χ1v) is 5.58. The van der Waals surface area contributed by atoms with E-state index in [0.717, 1.165) is 18.2 Å². The third-order valence-electron chi connectivity index (χ3n) is 2.83. The van der Waals surface area contributed by atoms with E-state index in [1.807, 2.05) is 0 Å². The van der Waals surface area contributed by atoms with Gasteiger partial charge >= 0.3 is 0 Å². The highest BCUT2D eigenvalue weighted by Gasteiger charge is 2.31. The van der Waals surface area contributed by atoms with Gasteiger partial charge in [0.05, 0.1) is 6.61 Å². The molecule has 1 aliphatic rings. The maximum absolute atomic E-state index is 5.13. The van der Waals surface area contributed by atoms with Crippen LogP contribution >= 0.6 is 12.2 Å². The molecule has 0 bridgehead atoms. The van der Waals surface area contributed by atoms with Gasteiger partial charge in [-0.15, -0.1) is 0 Å². The van der Waals surface area contributed by atoms with Crippen LogP contribution in [0, 0.1) is 5.41 Å². The molecule has 0 atom stereocenters. The zero-order chi connectivity index (χ0) is 10.4. The molecular formula is C10H20N2OS. The second-order valence-corrected chi connectivity index (χ2v) is 4.67. The van der Waals surface area contributed by atoms with Crippen molar-refractivity contribution >= 4 is 17.3 Å². The zero-order valence-corrected chi connectivity index (χ0v) is 9.88. The maximum Gasteiger partial charge on any atom is 0.166 e. The van der Waals surface area contributed by atoms with Gasteiger partial charge in [0, 0.05) is 20.2 Å². The Hall–Kier alpha value is -0.350. The topological polar surface area (TPSA) is 33.3 Å².